The number of unbranched alkanes of at least 4 members (excludes halogenated alkanes) is 2. The van der Waals surface area contributed by atoms with E-state index in [0.717, 1.165) is 11.8 Å². The molecule has 0 aromatic rings. The first-order valence-electron chi connectivity index (χ1n) is 4.81. The Bertz CT molecular complexity index is 115. The number of hydrogen-bond donors (Lipinski definition) is 0. The fraction of sp³-hybridized carbons (Fsp3) is 1.00. The van der Waals surface area contributed by atoms with Gasteiger partial charge >= 0.3 is 0 Å². The lowest BCUT2D eigenvalue weighted by molar-refractivity contribution is -0.117. The predicted molar refractivity (Wildman–Crippen MR) is 59.3 cm³/mol. The van der Waals surface area contributed by atoms with E-state index in [4.69, 9.17) is 9.47 Å². The topological polar surface area (TPSA) is 18.5 Å². The molecule has 0 aliphatic heterocycles. The Hall–Kier alpha value is 0.400. The number of halogens is 1. The molecule has 0 fully saturated rings. The van der Waals surface area contributed by atoms with Crippen LogP contribution in [0.5, 0.6) is 0 Å². The maximum absolute atomic E-state index is 5.52. The van der Waals surface area contributed by atoms with Gasteiger partial charge in [0.1, 0.15) is 6.79 Å². The molecule has 0 saturated carbocycles. The second-order valence-electron chi connectivity index (χ2n) is 3.81. The third kappa shape index (κ3) is 8.72. The molecule has 0 aliphatic rings. The van der Waals surface area contributed by atoms with Gasteiger partial charge in [0.25, 0.3) is 0 Å². The van der Waals surface area contributed by atoms with E-state index in [-0.39, 0.29) is 5.60 Å². The maximum Gasteiger partial charge on any atom is 0.147 e. The Morgan fingerprint density at radius 1 is 1.15 bits per heavy atom. The van der Waals surface area contributed by atoms with Crippen molar-refractivity contribution < 1.29 is 9.47 Å². The normalized spacial score (nSPS) is 12.0. The van der Waals surface area contributed by atoms with E-state index in [2.05, 4.69) is 29.8 Å². The van der Waals surface area contributed by atoms with Gasteiger partial charge in [-0.25, -0.2) is 0 Å². The van der Waals surface area contributed by atoms with E-state index < -0.39 is 0 Å². The molecule has 3 heteroatoms. The lowest BCUT2D eigenvalue weighted by atomic mass is 10.0. The summed E-state index contributed by atoms with van der Waals surface area (Å²) >= 11 is 3.42. The van der Waals surface area contributed by atoms with Gasteiger partial charge in [-0.2, -0.15) is 0 Å². The molecule has 13 heavy (non-hydrogen) atoms. The zero-order valence-corrected chi connectivity index (χ0v) is 10.5. The predicted octanol–water partition coefficient (Wildman–Crippen LogP) is 3.34. The van der Waals surface area contributed by atoms with Gasteiger partial charge in [-0.1, -0.05) is 28.8 Å². The molecule has 2 nitrogen and oxygen atoms in total. The van der Waals surface area contributed by atoms with Crippen LogP contribution in [0.15, 0.2) is 0 Å². The van der Waals surface area contributed by atoms with Crippen molar-refractivity contribution in [3.63, 3.8) is 0 Å². The molecule has 80 valence electrons. The molecule has 0 aromatic heterocycles. The monoisotopic (exact) mass is 252 g/mol. The molecule has 0 rings (SSSR count). The zero-order valence-electron chi connectivity index (χ0n) is 8.94. The van der Waals surface area contributed by atoms with Crippen molar-refractivity contribution in [1.29, 1.82) is 0 Å². The van der Waals surface area contributed by atoms with Crippen LogP contribution in [-0.2, 0) is 9.47 Å². The third-order valence-electron chi connectivity index (χ3n) is 1.98. The molecule has 0 heterocycles. The molecule has 0 radical (unpaired) electrons. The average Bonchev–Trinajstić information content (AvgIpc) is 2.09. The van der Waals surface area contributed by atoms with Crippen LogP contribution in [0.3, 0.4) is 0 Å². The largest absolute Gasteiger partial charge is 0.359 e. The highest BCUT2D eigenvalue weighted by Gasteiger charge is 2.17. The standard InChI is InChI=1S/C10H21BrO2/c1-10(2,13-9-12-3)7-5-4-6-8-11/h4-9H2,1-3H3. The van der Waals surface area contributed by atoms with Crippen LogP contribution in [0.4, 0.5) is 0 Å². The maximum atomic E-state index is 5.52. The van der Waals surface area contributed by atoms with Crippen LogP contribution in [0.2, 0.25) is 0 Å². The quantitative estimate of drug-likeness (QED) is 0.375. The van der Waals surface area contributed by atoms with Gasteiger partial charge < -0.3 is 9.47 Å². The second kappa shape index (κ2) is 7.77. The molecule has 0 amide bonds. The highest BCUT2D eigenvalue weighted by Crippen LogP contribution is 2.18. The van der Waals surface area contributed by atoms with E-state index in [1.807, 2.05) is 0 Å². The molecule has 0 aliphatic carbocycles. The Kier molecular flexibility index (Phi) is 8.01. The highest BCUT2D eigenvalue weighted by atomic mass is 79.9. The van der Waals surface area contributed by atoms with Gasteiger partial charge in [-0.15, -0.1) is 0 Å². The summed E-state index contributed by atoms with van der Waals surface area (Å²) in [5.41, 5.74) is -0.0394. The first-order valence-corrected chi connectivity index (χ1v) is 5.93. The van der Waals surface area contributed by atoms with Gasteiger partial charge in [0.15, 0.2) is 0 Å². The van der Waals surface area contributed by atoms with Crippen molar-refractivity contribution in [3.8, 4) is 0 Å². The molecule has 0 bridgehead atoms. The Morgan fingerprint density at radius 3 is 2.38 bits per heavy atom. The summed E-state index contributed by atoms with van der Waals surface area (Å²) in [6, 6.07) is 0. The zero-order chi connectivity index (χ0) is 10.2. The summed E-state index contributed by atoms with van der Waals surface area (Å²) in [7, 11) is 1.65. The van der Waals surface area contributed by atoms with Crippen LogP contribution in [-0.4, -0.2) is 24.8 Å². The van der Waals surface area contributed by atoms with Crippen LogP contribution >= 0.6 is 15.9 Å². The SMILES string of the molecule is COCOC(C)(C)CCCCCBr. The van der Waals surface area contributed by atoms with E-state index in [9.17, 15) is 0 Å². The van der Waals surface area contributed by atoms with Gasteiger partial charge in [0.2, 0.25) is 0 Å². The molecule has 0 spiro atoms. The first-order chi connectivity index (χ1) is 6.12. The molecule has 0 saturated heterocycles. The minimum Gasteiger partial charge on any atom is -0.359 e. The Balaban J connectivity index is 3.39. The average molecular weight is 253 g/mol. The first kappa shape index (κ1) is 13.4. The number of rotatable bonds is 8. The number of hydrogen-bond acceptors (Lipinski definition) is 2. The lowest BCUT2D eigenvalue weighted by Crippen LogP contribution is -2.25. The van der Waals surface area contributed by atoms with Crippen molar-refractivity contribution in [2.75, 3.05) is 19.2 Å². The number of alkyl halides is 1. The van der Waals surface area contributed by atoms with Crippen molar-refractivity contribution in [2.24, 2.45) is 0 Å². The van der Waals surface area contributed by atoms with Crippen molar-refractivity contribution in [3.05, 3.63) is 0 Å². The summed E-state index contributed by atoms with van der Waals surface area (Å²) in [4.78, 5) is 0. The minimum atomic E-state index is -0.0394. The van der Waals surface area contributed by atoms with Crippen LogP contribution in [0.1, 0.15) is 39.5 Å². The molecule has 0 aromatic carbocycles. The lowest BCUT2D eigenvalue weighted by Gasteiger charge is -2.24. The molecule has 0 unspecified atom stereocenters. The molecule has 0 atom stereocenters. The van der Waals surface area contributed by atoms with Crippen LogP contribution < -0.4 is 0 Å². The van der Waals surface area contributed by atoms with Crippen molar-refractivity contribution in [1.82, 2.24) is 0 Å². The smallest absolute Gasteiger partial charge is 0.147 e. The van der Waals surface area contributed by atoms with E-state index in [0.29, 0.717) is 6.79 Å². The van der Waals surface area contributed by atoms with Gasteiger partial charge in [-0.05, 0) is 26.7 Å². The van der Waals surface area contributed by atoms with Crippen molar-refractivity contribution >= 4 is 15.9 Å². The highest BCUT2D eigenvalue weighted by molar-refractivity contribution is 9.09. The fourth-order valence-electron chi connectivity index (χ4n) is 1.11. The summed E-state index contributed by atoms with van der Waals surface area (Å²) < 4.78 is 10.4. The number of methoxy groups -OCH3 is 1. The van der Waals surface area contributed by atoms with Gasteiger partial charge in [-0.3, -0.25) is 0 Å². The molecular weight excluding hydrogens is 232 g/mol. The van der Waals surface area contributed by atoms with Crippen LogP contribution in [0, 0.1) is 0 Å². The van der Waals surface area contributed by atoms with Gasteiger partial charge in [0.05, 0.1) is 5.60 Å². The van der Waals surface area contributed by atoms with Gasteiger partial charge in [0, 0.05) is 12.4 Å². The van der Waals surface area contributed by atoms with E-state index in [1.54, 1.807) is 7.11 Å². The summed E-state index contributed by atoms with van der Waals surface area (Å²) in [5, 5.41) is 1.10. The van der Waals surface area contributed by atoms with E-state index >= 15 is 0 Å². The summed E-state index contributed by atoms with van der Waals surface area (Å²) in [6.45, 7) is 4.62. The third-order valence-corrected chi connectivity index (χ3v) is 2.54. The summed E-state index contributed by atoms with van der Waals surface area (Å²) in [5.74, 6) is 0. The fourth-order valence-corrected chi connectivity index (χ4v) is 1.51. The Morgan fingerprint density at radius 2 is 1.85 bits per heavy atom. The molecule has 0 N–H and O–H groups in total. The second-order valence-corrected chi connectivity index (χ2v) is 4.60. The molecular formula is C10H21BrO2. The summed E-state index contributed by atoms with van der Waals surface area (Å²) in [6.07, 6.45) is 4.84. The Labute approximate surface area is 90.1 Å². The van der Waals surface area contributed by atoms with Crippen LogP contribution in [0.25, 0.3) is 0 Å². The minimum absolute atomic E-state index is 0.0394. The number of ether oxygens (including phenoxy) is 2. The van der Waals surface area contributed by atoms with Crippen molar-refractivity contribution in [2.45, 2.75) is 45.1 Å². The van der Waals surface area contributed by atoms with E-state index in [1.165, 1.54) is 19.3 Å².